The summed E-state index contributed by atoms with van der Waals surface area (Å²) in [5, 5.41) is 1.30. The number of hydrogen-bond acceptors (Lipinski definition) is 3. The van der Waals surface area contributed by atoms with Gasteiger partial charge in [0.2, 0.25) is 5.90 Å². The van der Waals surface area contributed by atoms with Crippen LogP contribution in [0.2, 0.25) is 0 Å². The highest BCUT2D eigenvalue weighted by Crippen LogP contribution is 2.56. The van der Waals surface area contributed by atoms with E-state index < -0.39 is 0 Å². The summed E-state index contributed by atoms with van der Waals surface area (Å²) in [5.41, 5.74) is 5.74. The second kappa shape index (κ2) is 10.5. The summed E-state index contributed by atoms with van der Waals surface area (Å²) >= 11 is 0. The van der Waals surface area contributed by atoms with Crippen molar-refractivity contribution < 1.29 is 9.47 Å². The number of benzene rings is 1. The molecule has 0 saturated heterocycles. The average molecular weight is 469 g/mol. The SMILES string of the molecule is COCn1c(P(C2CCCCC2)C2CCCCC2)c(C2=N[C@@H](C(C)C)CO2)c2ccccc21. The molecule has 1 aromatic carbocycles. The molecule has 1 aliphatic heterocycles. The van der Waals surface area contributed by atoms with Gasteiger partial charge in [-0.25, -0.2) is 4.99 Å². The van der Waals surface area contributed by atoms with Crippen LogP contribution in [0.1, 0.15) is 83.6 Å². The second-order valence-corrected chi connectivity index (χ2v) is 13.3. The first-order valence-corrected chi connectivity index (χ1v) is 14.8. The maximum atomic E-state index is 6.38. The first-order chi connectivity index (χ1) is 16.2. The molecule has 0 spiro atoms. The smallest absolute Gasteiger partial charge is 0.219 e. The van der Waals surface area contributed by atoms with Crippen molar-refractivity contribution in [1.82, 2.24) is 4.57 Å². The molecule has 4 nitrogen and oxygen atoms in total. The first kappa shape index (κ1) is 23.4. The monoisotopic (exact) mass is 468 g/mol. The number of para-hydroxylation sites is 1. The van der Waals surface area contributed by atoms with Crippen molar-refractivity contribution in [2.45, 2.75) is 102 Å². The predicted molar refractivity (Wildman–Crippen MR) is 140 cm³/mol. The van der Waals surface area contributed by atoms with E-state index in [0.717, 1.165) is 17.2 Å². The summed E-state index contributed by atoms with van der Waals surface area (Å²) in [7, 11) is 1.52. The standard InChI is InChI=1S/C28H41N2O2P/c1-20(2)24-18-32-27(29-24)26-23-16-10-11-17-25(23)30(19-31-3)28(26)33(21-12-6-4-7-13-21)22-14-8-5-9-15-22/h10-11,16-17,20-22,24H,4-9,12-15,18-19H2,1-3H3/t24-/m1/s1. The molecule has 0 bridgehead atoms. The topological polar surface area (TPSA) is 35.8 Å². The molecule has 2 aliphatic carbocycles. The van der Waals surface area contributed by atoms with Crippen LogP contribution < -0.4 is 5.44 Å². The van der Waals surface area contributed by atoms with Gasteiger partial charge in [0.05, 0.1) is 22.6 Å². The van der Waals surface area contributed by atoms with E-state index in [1.807, 2.05) is 7.11 Å². The largest absolute Gasteiger partial charge is 0.475 e. The van der Waals surface area contributed by atoms with Gasteiger partial charge in [0.25, 0.3) is 0 Å². The summed E-state index contributed by atoms with van der Waals surface area (Å²) in [6.45, 7) is 5.83. The molecular weight excluding hydrogens is 427 g/mol. The number of rotatable bonds is 7. The first-order valence-electron chi connectivity index (χ1n) is 13.3. The Morgan fingerprint density at radius 2 is 1.64 bits per heavy atom. The molecule has 1 aromatic heterocycles. The molecule has 33 heavy (non-hydrogen) atoms. The van der Waals surface area contributed by atoms with Gasteiger partial charge < -0.3 is 14.0 Å². The minimum absolute atomic E-state index is 0.257. The van der Waals surface area contributed by atoms with Crippen molar-refractivity contribution in [3.05, 3.63) is 29.8 Å². The Balaban J connectivity index is 1.71. The van der Waals surface area contributed by atoms with E-state index in [1.165, 1.54) is 86.1 Å². The van der Waals surface area contributed by atoms with E-state index in [4.69, 9.17) is 14.5 Å². The minimum Gasteiger partial charge on any atom is -0.475 e. The number of aromatic nitrogens is 1. The number of ether oxygens (including phenoxy) is 2. The number of methoxy groups -OCH3 is 1. The van der Waals surface area contributed by atoms with Gasteiger partial charge in [0.15, 0.2) is 0 Å². The summed E-state index contributed by atoms with van der Waals surface area (Å²) in [5.74, 6) is 1.39. The van der Waals surface area contributed by atoms with Gasteiger partial charge in [-0.1, -0.05) is 70.6 Å². The Morgan fingerprint density at radius 3 is 2.21 bits per heavy atom. The lowest BCUT2D eigenvalue weighted by molar-refractivity contribution is 0.137. The zero-order valence-corrected chi connectivity index (χ0v) is 21.7. The Bertz CT molecular complexity index is 952. The molecule has 2 fully saturated rings. The van der Waals surface area contributed by atoms with Crippen LogP contribution in [-0.4, -0.2) is 41.5 Å². The maximum absolute atomic E-state index is 6.38. The zero-order chi connectivity index (χ0) is 22.8. The number of aliphatic imine (C=N–C) groups is 1. The molecule has 180 valence electrons. The van der Waals surface area contributed by atoms with Crippen LogP contribution >= 0.6 is 7.92 Å². The lowest BCUT2D eigenvalue weighted by Crippen LogP contribution is -2.33. The molecule has 2 heterocycles. The van der Waals surface area contributed by atoms with E-state index in [1.54, 1.807) is 0 Å². The van der Waals surface area contributed by atoms with Crippen LogP contribution in [0.3, 0.4) is 0 Å². The molecule has 0 radical (unpaired) electrons. The fraction of sp³-hybridized carbons (Fsp3) is 0.679. The van der Waals surface area contributed by atoms with Crippen LogP contribution in [0.4, 0.5) is 0 Å². The lowest BCUT2D eigenvalue weighted by Gasteiger charge is -2.39. The summed E-state index contributed by atoms with van der Waals surface area (Å²) in [4.78, 5) is 5.17. The molecular formula is C28H41N2O2P. The van der Waals surface area contributed by atoms with E-state index in [0.29, 0.717) is 19.3 Å². The molecule has 0 unspecified atom stereocenters. The van der Waals surface area contributed by atoms with E-state index in [2.05, 4.69) is 42.7 Å². The zero-order valence-electron chi connectivity index (χ0n) is 20.8. The Labute approximate surface area is 200 Å². The van der Waals surface area contributed by atoms with Crippen molar-refractivity contribution in [3.8, 4) is 0 Å². The lowest BCUT2D eigenvalue weighted by atomic mass is 9.99. The van der Waals surface area contributed by atoms with E-state index in [9.17, 15) is 0 Å². The molecule has 1 atom stereocenters. The Hall–Kier alpha value is -1.38. The van der Waals surface area contributed by atoms with Gasteiger partial charge in [-0.15, -0.1) is 0 Å². The predicted octanol–water partition coefficient (Wildman–Crippen LogP) is 6.82. The molecule has 5 heteroatoms. The van der Waals surface area contributed by atoms with Crippen molar-refractivity contribution in [2.24, 2.45) is 10.9 Å². The van der Waals surface area contributed by atoms with Gasteiger partial charge in [-0.2, -0.15) is 0 Å². The molecule has 0 N–H and O–H groups in total. The van der Waals surface area contributed by atoms with Gasteiger partial charge in [0, 0.05) is 12.5 Å². The normalized spacial score (nSPS) is 22.9. The van der Waals surface area contributed by atoms with Gasteiger partial charge in [-0.3, -0.25) is 0 Å². The molecule has 0 amide bonds. The third kappa shape index (κ3) is 4.63. The second-order valence-electron chi connectivity index (χ2n) is 10.6. The third-order valence-corrected chi connectivity index (χ3v) is 11.6. The number of fused-ring (bicyclic) bond motifs is 1. The number of hydrogen-bond donors (Lipinski definition) is 0. The molecule has 2 aromatic rings. The number of nitrogens with zero attached hydrogens (tertiary/aromatic N) is 2. The Kier molecular flexibility index (Phi) is 7.42. The summed E-state index contributed by atoms with van der Waals surface area (Å²) in [6.07, 6.45) is 13.9. The average Bonchev–Trinajstić information content (AvgIpc) is 3.45. The third-order valence-electron chi connectivity index (χ3n) is 8.04. The highest BCUT2D eigenvalue weighted by Gasteiger charge is 2.39. The molecule has 5 rings (SSSR count). The van der Waals surface area contributed by atoms with E-state index >= 15 is 0 Å². The van der Waals surface area contributed by atoms with Crippen molar-refractivity contribution >= 4 is 30.2 Å². The molecule has 2 saturated carbocycles. The molecule has 3 aliphatic rings. The van der Waals surface area contributed by atoms with Crippen LogP contribution in [0.5, 0.6) is 0 Å². The van der Waals surface area contributed by atoms with Gasteiger partial charge in [-0.05, 0) is 56.9 Å². The fourth-order valence-electron chi connectivity index (χ4n) is 6.26. The van der Waals surface area contributed by atoms with Crippen LogP contribution in [0.25, 0.3) is 10.9 Å². The van der Waals surface area contributed by atoms with Crippen molar-refractivity contribution in [2.75, 3.05) is 13.7 Å². The summed E-state index contributed by atoms with van der Waals surface area (Å²) in [6, 6.07) is 9.15. The van der Waals surface area contributed by atoms with Crippen molar-refractivity contribution in [1.29, 1.82) is 0 Å². The maximum Gasteiger partial charge on any atom is 0.219 e. The van der Waals surface area contributed by atoms with Crippen LogP contribution in [0, 0.1) is 5.92 Å². The summed E-state index contributed by atoms with van der Waals surface area (Å²) < 4.78 is 14.7. The van der Waals surface area contributed by atoms with Crippen LogP contribution in [0.15, 0.2) is 29.3 Å². The highest BCUT2D eigenvalue weighted by molar-refractivity contribution is 7.67. The van der Waals surface area contributed by atoms with Crippen molar-refractivity contribution in [3.63, 3.8) is 0 Å². The highest BCUT2D eigenvalue weighted by atomic mass is 31.1. The Morgan fingerprint density at radius 1 is 1.00 bits per heavy atom. The minimum atomic E-state index is -0.316. The van der Waals surface area contributed by atoms with E-state index in [-0.39, 0.29) is 14.0 Å². The van der Waals surface area contributed by atoms with Gasteiger partial charge >= 0.3 is 0 Å². The fourth-order valence-corrected chi connectivity index (χ4v) is 10.3. The quantitative estimate of drug-likeness (QED) is 0.418. The van der Waals surface area contributed by atoms with Gasteiger partial charge in [0.1, 0.15) is 13.3 Å². The van der Waals surface area contributed by atoms with Crippen LogP contribution in [-0.2, 0) is 16.2 Å².